The Balaban J connectivity index is 1.39. The van der Waals surface area contributed by atoms with Crippen molar-refractivity contribution >= 4 is 11.6 Å². The van der Waals surface area contributed by atoms with Crippen LogP contribution in [0.4, 0.5) is 5.69 Å². The summed E-state index contributed by atoms with van der Waals surface area (Å²) < 4.78 is 16.4. The van der Waals surface area contributed by atoms with Crippen LogP contribution < -0.4 is 19.5 Å². The molecule has 0 saturated carbocycles. The highest BCUT2D eigenvalue weighted by molar-refractivity contribution is 5.93. The van der Waals surface area contributed by atoms with Crippen molar-refractivity contribution in [1.82, 2.24) is 4.90 Å². The summed E-state index contributed by atoms with van der Waals surface area (Å²) in [4.78, 5) is 14.4. The first-order valence-electron chi connectivity index (χ1n) is 9.51. The van der Waals surface area contributed by atoms with E-state index in [0.29, 0.717) is 18.9 Å². The van der Waals surface area contributed by atoms with E-state index in [2.05, 4.69) is 24.4 Å². The van der Waals surface area contributed by atoms with Crippen LogP contribution >= 0.6 is 0 Å². The number of hydrogen-bond acceptors (Lipinski definition) is 5. The maximum absolute atomic E-state index is 12.4. The summed E-state index contributed by atoms with van der Waals surface area (Å²) in [7, 11) is 1.94. The number of rotatable bonds is 8. The Morgan fingerprint density at radius 2 is 1.82 bits per heavy atom. The topological polar surface area (TPSA) is 60.0 Å². The fourth-order valence-electron chi connectivity index (χ4n) is 3.37. The molecule has 0 unspecified atom stereocenters. The summed E-state index contributed by atoms with van der Waals surface area (Å²) in [5.74, 6) is 2.22. The lowest BCUT2D eigenvalue weighted by molar-refractivity contribution is -0.117. The van der Waals surface area contributed by atoms with Gasteiger partial charge in [0.25, 0.3) is 0 Å². The molecule has 1 N–H and O–H groups in total. The van der Waals surface area contributed by atoms with Gasteiger partial charge in [0.15, 0.2) is 11.5 Å². The van der Waals surface area contributed by atoms with Gasteiger partial charge in [0.2, 0.25) is 12.7 Å². The number of hydrogen-bond donors (Lipinski definition) is 1. The molecule has 0 saturated heterocycles. The standard InChI is InChI=1S/C22H28N2O4/c1-15-10-16(2)22(17(3)11-15)23-21(25)13-24(4)8-5-9-26-18-6-7-19-20(12-18)28-14-27-19/h6-7,10-12H,5,8-9,13-14H2,1-4H3,(H,23,25). The number of likely N-dealkylation sites (N-methyl/N-ethyl adjacent to an activating group) is 1. The molecule has 0 aliphatic carbocycles. The van der Waals surface area contributed by atoms with E-state index >= 15 is 0 Å². The normalized spacial score (nSPS) is 12.3. The zero-order chi connectivity index (χ0) is 20.1. The van der Waals surface area contributed by atoms with E-state index in [0.717, 1.165) is 41.3 Å². The average molecular weight is 384 g/mol. The van der Waals surface area contributed by atoms with E-state index in [1.165, 1.54) is 5.56 Å². The molecule has 6 nitrogen and oxygen atoms in total. The number of fused-ring (bicyclic) bond motifs is 1. The zero-order valence-corrected chi connectivity index (χ0v) is 17.0. The highest BCUT2D eigenvalue weighted by Gasteiger charge is 2.14. The predicted octanol–water partition coefficient (Wildman–Crippen LogP) is 3.68. The van der Waals surface area contributed by atoms with Crippen LogP contribution in [-0.4, -0.2) is 44.3 Å². The van der Waals surface area contributed by atoms with Gasteiger partial charge in [0.05, 0.1) is 13.2 Å². The molecule has 6 heteroatoms. The molecule has 150 valence electrons. The van der Waals surface area contributed by atoms with E-state index in [9.17, 15) is 4.79 Å². The smallest absolute Gasteiger partial charge is 0.238 e. The minimum Gasteiger partial charge on any atom is -0.493 e. The van der Waals surface area contributed by atoms with Gasteiger partial charge in [-0.05, 0) is 57.5 Å². The molecule has 2 aromatic rings. The minimum atomic E-state index is -0.00533. The second-order valence-electron chi connectivity index (χ2n) is 7.28. The molecule has 1 aliphatic rings. The van der Waals surface area contributed by atoms with Gasteiger partial charge < -0.3 is 19.5 Å². The first-order chi connectivity index (χ1) is 13.4. The number of carbonyl (C=O) groups is 1. The van der Waals surface area contributed by atoms with Crippen LogP contribution in [0.5, 0.6) is 17.2 Å². The highest BCUT2D eigenvalue weighted by atomic mass is 16.7. The fraction of sp³-hybridized carbons (Fsp3) is 0.409. The molecule has 1 amide bonds. The van der Waals surface area contributed by atoms with E-state index in [1.54, 1.807) is 0 Å². The lowest BCUT2D eigenvalue weighted by Crippen LogP contribution is -2.31. The number of carbonyl (C=O) groups excluding carboxylic acids is 1. The molecule has 0 fully saturated rings. The van der Waals surface area contributed by atoms with Crippen molar-refractivity contribution in [2.45, 2.75) is 27.2 Å². The first-order valence-corrected chi connectivity index (χ1v) is 9.51. The van der Waals surface area contributed by atoms with Gasteiger partial charge in [-0.15, -0.1) is 0 Å². The van der Waals surface area contributed by atoms with Crippen LogP contribution in [0.15, 0.2) is 30.3 Å². The van der Waals surface area contributed by atoms with E-state index in [4.69, 9.17) is 14.2 Å². The SMILES string of the molecule is Cc1cc(C)c(NC(=O)CN(C)CCCOc2ccc3c(c2)OCO3)c(C)c1. The summed E-state index contributed by atoms with van der Waals surface area (Å²) >= 11 is 0. The van der Waals surface area contributed by atoms with Gasteiger partial charge in [-0.25, -0.2) is 0 Å². The molecular formula is C22H28N2O4. The van der Waals surface area contributed by atoms with Crippen LogP contribution in [0.3, 0.4) is 0 Å². The van der Waals surface area contributed by atoms with Crippen molar-refractivity contribution in [2.75, 3.05) is 38.9 Å². The molecular weight excluding hydrogens is 356 g/mol. The van der Waals surface area contributed by atoms with Crippen molar-refractivity contribution in [3.8, 4) is 17.2 Å². The molecule has 0 spiro atoms. The molecule has 28 heavy (non-hydrogen) atoms. The number of anilines is 1. The first kappa shape index (κ1) is 20.0. The minimum absolute atomic E-state index is 0.00533. The molecule has 3 rings (SSSR count). The average Bonchev–Trinajstić information content (AvgIpc) is 3.09. The van der Waals surface area contributed by atoms with Gasteiger partial charge in [-0.3, -0.25) is 9.69 Å². The third-order valence-electron chi connectivity index (χ3n) is 4.65. The Bertz CT molecular complexity index is 827. The number of nitrogens with one attached hydrogen (secondary N) is 1. The summed E-state index contributed by atoms with van der Waals surface area (Å²) in [6.07, 6.45) is 0.820. The zero-order valence-electron chi connectivity index (χ0n) is 17.0. The Morgan fingerprint density at radius 1 is 1.11 bits per heavy atom. The number of amides is 1. The Hall–Kier alpha value is -2.73. The van der Waals surface area contributed by atoms with Gasteiger partial charge >= 0.3 is 0 Å². The Kier molecular flexibility index (Phi) is 6.41. The quantitative estimate of drug-likeness (QED) is 0.704. The van der Waals surface area contributed by atoms with E-state index in [-0.39, 0.29) is 12.7 Å². The summed E-state index contributed by atoms with van der Waals surface area (Å²) in [6.45, 7) is 8.04. The molecule has 0 atom stereocenters. The maximum Gasteiger partial charge on any atom is 0.238 e. The number of aryl methyl sites for hydroxylation is 3. The van der Waals surface area contributed by atoms with Gasteiger partial charge in [0, 0.05) is 18.3 Å². The van der Waals surface area contributed by atoms with Crippen molar-refractivity contribution in [1.29, 1.82) is 0 Å². The monoisotopic (exact) mass is 384 g/mol. The molecule has 0 aromatic heterocycles. The summed E-state index contributed by atoms with van der Waals surface area (Å²) in [5.41, 5.74) is 4.29. The molecule has 1 aliphatic heterocycles. The molecule has 0 bridgehead atoms. The fourth-order valence-corrected chi connectivity index (χ4v) is 3.37. The molecule has 0 radical (unpaired) electrons. The summed E-state index contributed by atoms with van der Waals surface area (Å²) in [6, 6.07) is 9.73. The lowest BCUT2D eigenvalue weighted by Gasteiger charge is -2.18. The van der Waals surface area contributed by atoms with E-state index in [1.807, 2.05) is 44.0 Å². The largest absolute Gasteiger partial charge is 0.493 e. The van der Waals surface area contributed by atoms with Gasteiger partial charge in [-0.1, -0.05) is 17.7 Å². The predicted molar refractivity (Wildman–Crippen MR) is 109 cm³/mol. The number of nitrogens with zero attached hydrogens (tertiary/aromatic N) is 1. The van der Waals surface area contributed by atoms with Crippen molar-refractivity contribution in [2.24, 2.45) is 0 Å². The van der Waals surface area contributed by atoms with Crippen molar-refractivity contribution in [3.63, 3.8) is 0 Å². The number of ether oxygens (including phenoxy) is 3. The van der Waals surface area contributed by atoms with Crippen LogP contribution in [0.2, 0.25) is 0 Å². The second kappa shape index (κ2) is 8.97. The highest BCUT2D eigenvalue weighted by Crippen LogP contribution is 2.35. The number of benzene rings is 2. The van der Waals surface area contributed by atoms with Crippen LogP contribution in [0, 0.1) is 20.8 Å². The third-order valence-corrected chi connectivity index (χ3v) is 4.65. The van der Waals surface area contributed by atoms with Gasteiger partial charge in [0.1, 0.15) is 5.75 Å². The Labute approximate surface area is 166 Å². The maximum atomic E-state index is 12.4. The summed E-state index contributed by atoms with van der Waals surface area (Å²) in [5, 5.41) is 3.04. The van der Waals surface area contributed by atoms with Crippen molar-refractivity contribution < 1.29 is 19.0 Å². The third kappa shape index (κ3) is 5.16. The van der Waals surface area contributed by atoms with Gasteiger partial charge in [-0.2, -0.15) is 0 Å². The van der Waals surface area contributed by atoms with E-state index < -0.39 is 0 Å². The molecule has 1 heterocycles. The second-order valence-corrected chi connectivity index (χ2v) is 7.28. The van der Waals surface area contributed by atoms with Crippen LogP contribution in [-0.2, 0) is 4.79 Å². The lowest BCUT2D eigenvalue weighted by atomic mass is 10.1. The Morgan fingerprint density at radius 3 is 2.57 bits per heavy atom. The van der Waals surface area contributed by atoms with Crippen LogP contribution in [0.25, 0.3) is 0 Å². The molecule has 2 aromatic carbocycles. The van der Waals surface area contributed by atoms with Crippen LogP contribution in [0.1, 0.15) is 23.1 Å². The van der Waals surface area contributed by atoms with Crippen molar-refractivity contribution in [3.05, 3.63) is 47.0 Å².